The molecule has 0 aromatic heterocycles. The van der Waals surface area contributed by atoms with Crippen LogP contribution in [0.15, 0.2) is 78.2 Å². The molecule has 0 saturated heterocycles. The molecule has 2 aliphatic carbocycles. The van der Waals surface area contributed by atoms with Crippen molar-refractivity contribution in [3.63, 3.8) is 0 Å². The van der Waals surface area contributed by atoms with Crippen LogP contribution in [0, 0.1) is 34.0 Å². The number of aliphatic hydroxyl groups excluding tert-OH is 1. The van der Waals surface area contributed by atoms with Crippen molar-refractivity contribution in [3.8, 4) is 6.07 Å². The molecule has 3 unspecified atom stereocenters. The second-order valence-corrected chi connectivity index (χ2v) is 15.5. The number of allylic oxidation sites excluding steroid dienone is 1. The minimum atomic E-state index is -4.00. The number of rotatable bonds is 9. The molecule has 4 nitrogen and oxygen atoms in total. The van der Waals surface area contributed by atoms with Crippen molar-refractivity contribution in [2.45, 2.75) is 59.5 Å². The first-order valence-corrected chi connectivity index (χ1v) is 15.4. The molecular weight excluding hydrogens is 509 g/mol. The van der Waals surface area contributed by atoms with Crippen molar-refractivity contribution in [1.29, 1.82) is 5.26 Å². The first-order valence-electron chi connectivity index (χ1n) is 11.8. The molecule has 6 heteroatoms. The monoisotopic (exact) mass is 543 g/mol. The Kier molecular flexibility index (Phi) is 6.88. The summed E-state index contributed by atoms with van der Waals surface area (Å²) in [6.45, 7) is 8.42. The third-order valence-corrected chi connectivity index (χ3v) is 15.8. The van der Waals surface area contributed by atoms with Crippen LogP contribution in [0.4, 0.5) is 0 Å². The molecule has 1 N–H and O–H groups in total. The van der Waals surface area contributed by atoms with Crippen LogP contribution < -0.4 is 0 Å². The molecule has 5 atom stereocenters. The fraction of sp³-hybridized carbons (Fsp3) is 0.464. The van der Waals surface area contributed by atoms with Crippen molar-refractivity contribution in [2.24, 2.45) is 22.7 Å². The number of hydrogen-bond donors (Lipinski definition) is 1. The molecule has 2 aromatic rings. The summed E-state index contributed by atoms with van der Waals surface area (Å²) in [7, 11) is -4.00. The number of sulfone groups is 1. The summed E-state index contributed by atoms with van der Waals surface area (Å²) in [5, 5.41) is 22.3. The molecular formula is C28H33NO3SSe. The van der Waals surface area contributed by atoms with Gasteiger partial charge in [0.2, 0.25) is 0 Å². The van der Waals surface area contributed by atoms with E-state index in [0.29, 0.717) is 17.7 Å². The Labute approximate surface area is 210 Å². The quantitative estimate of drug-likeness (QED) is 0.356. The molecule has 34 heavy (non-hydrogen) atoms. The average Bonchev–Trinajstić information content (AvgIpc) is 3.20. The Morgan fingerprint density at radius 1 is 1.21 bits per heavy atom. The van der Waals surface area contributed by atoms with E-state index in [1.807, 2.05) is 30.3 Å². The standard InChI is InChI=1S/C28H33NO3SSe/c1-4-22(17-21-11-7-5-8-12-21)28(19-29,33(31,32)24-13-9-6-10-14-24)34-20-27-16-15-23(18-25(27)30)26(27,2)3/h4-14,22-23,25,30H,1,15-18,20H2,2-3H3/t22-,23?,25?,27?,28+/m1/s1. The molecule has 0 radical (unpaired) electrons. The van der Waals surface area contributed by atoms with Gasteiger partial charge in [0.15, 0.2) is 0 Å². The fourth-order valence-electron chi connectivity index (χ4n) is 6.19. The van der Waals surface area contributed by atoms with Crippen molar-refractivity contribution < 1.29 is 13.5 Å². The van der Waals surface area contributed by atoms with E-state index < -0.39 is 40.5 Å². The molecule has 0 aliphatic heterocycles. The van der Waals surface area contributed by atoms with Gasteiger partial charge in [0.05, 0.1) is 0 Å². The van der Waals surface area contributed by atoms with E-state index >= 15 is 0 Å². The first-order chi connectivity index (χ1) is 16.1. The number of hydrogen-bond acceptors (Lipinski definition) is 4. The maximum absolute atomic E-state index is 14.2. The Morgan fingerprint density at radius 2 is 1.82 bits per heavy atom. The van der Waals surface area contributed by atoms with Crippen LogP contribution in [0.2, 0.25) is 5.32 Å². The van der Waals surface area contributed by atoms with Crippen molar-refractivity contribution >= 4 is 24.8 Å². The number of benzene rings is 2. The summed E-state index contributed by atoms with van der Waals surface area (Å²) in [6.07, 6.45) is 4.34. The molecule has 0 amide bonds. The molecule has 2 aliphatic rings. The van der Waals surface area contributed by atoms with E-state index in [1.165, 1.54) is 0 Å². The SMILES string of the molecule is C=C[C@H](Cc1ccccc1)[C@](C#N)([Se]CC12CCC(CC1O)C2(C)C)S(=O)(=O)c1ccccc1. The molecule has 180 valence electrons. The summed E-state index contributed by atoms with van der Waals surface area (Å²) >= 11 is -0.610. The van der Waals surface area contributed by atoms with Crippen LogP contribution in [-0.4, -0.2) is 38.2 Å². The van der Waals surface area contributed by atoms with E-state index in [0.717, 1.165) is 24.8 Å². The summed E-state index contributed by atoms with van der Waals surface area (Å²) < 4.78 is 26.8. The first kappa shape index (κ1) is 25.2. The van der Waals surface area contributed by atoms with Gasteiger partial charge in [-0.2, -0.15) is 0 Å². The van der Waals surface area contributed by atoms with Crippen molar-refractivity contribution in [1.82, 2.24) is 0 Å². The van der Waals surface area contributed by atoms with Gasteiger partial charge in [0.25, 0.3) is 0 Å². The van der Waals surface area contributed by atoms with E-state index in [4.69, 9.17) is 0 Å². The third-order valence-electron chi connectivity index (χ3n) is 8.61. The maximum atomic E-state index is 14.2. The third kappa shape index (κ3) is 3.78. The summed E-state index contributed by atoms with van der Waals surface area (Å²) in [5.74, 6) is -0.125. The topological polar surface area (TPSA) is 78.2 Å². The van der Waals surface area contributed by atoms with Crippen molar-refractivity contribution in [2.75, 3.05) is 0 Å². The van der Waals surface area contributed by atoms with Crippen LogP contribution in [0.5, 0.6) is 0 Å². The number of fused-ring (bicyclic) bond motifs is 2. The van der Waals surface area contributed by atoms with Gasteiger partial charge in [-0.1, -0.05) is 0 Å². The number of nitrogens with zero attached hydrogens (tertiary/aromatic N) is 1. The normalized spacial score (nSPS) is 28.1. The fourth-order valence-corrected chi connectivity index (χ4v) is 13.2. The van der Waals surface area contributed by atoms with Crippen molar-refractivity contribution in [3.05, 3.63) is 78.9 Å². The van der Waals surface area contributed by atoms with Gasteiger partial charge < -0.3 is 0 Å². The summed E-state index contributed by atoms with van der Waals surface area (Å²) in [5.41, 5.74) is 0.561. The Hall–Kier alpha value is -1.90. The Balaban J connectivity index is 1.79. The zero-order chi connectivity index (χ0) is 24.6. The Bertz CT molecular complexity index is 1180. The minimum absolute atomic E-state index is 0.0744. The molecule has 2 aromatic carbocycles. The van der Waals surface area contributed by atoms with Crippen LogP contribution >= 0.6 is 0 Å². The van der Waals surface area contributed by atoms with Crippen LogP contribution in [-0.2, 0) is 16.3 Å². The van der Waals surface area contributed by atoms with Gasteiger partial charge in [0, 0.05) is 0 Å². The molecule has 0 spiro atoms. The van der Waals surface area contributed by atoms with Gasteiger partial charge >= 0.3 is 211 Å². The van der Waals surface area contributed by atoms with E-state index in [-0.39, 0.29) is 15.7 Å². The molecule has 0 heterocycles. The predicted octanol–water partition coefficient (Wildman–Crippen LogP) is 5.03. The average molecular weight is 543 g/mol. The van der Waals surface area contributed by atoms with Gasteiger partial charge in [-0.05, 0) is 0 Å². The van der Waals surface area contributed by atoms with Gasteiger partial charge in [-0.3, -0.25) is 0 Å². The van der Waals surface area contributed by atoms with Gasteiger partial charge in [-0.15, -0.1) is 0 Å². The number of nitriles is 1. The second kappa shape index (κ2) is 9.28. The zero-order valence-electron chi connectivity index (χ0n) is 19.9. The van der Waals surface area contributed by atoms with E-state index in [1.54, 1.807) is 36.4 Å². The number of aliphatic hydroxyl groups is 1. The summed E-state index contributed by atoms with van der Waals surface area (Å²) in [4.78, 5) is 0.173. The second-order valence-electron chi connectivity index (χ2n) is 10.3. The molecule has 4 rings (SSSR count). The molecule has 2 fully saturated rings. The molecule has 2 saturated carbocycles. The van der Waals surface area contributed by atoms with Crippen LogP contribution in [0.25, 0.3) is 0 Å². The zero-order valence-corrected chi connectivity index (χ0v) is 22.4. The van der Waals surface area contributed by atoms with E-state index in [2.05, 4.69) is 26.5 Å². The summed E-state index contributed by atoms with van der Waals surface area (Å²) in [6, 6.07) is 20.4. The van der Waals surface area contributed by atoms with Gasteiger partial charge in [0.1, 0.15) is 0 Å². The van der Waals surface area contributed by atoms with Gasteiger partial charge in [-0.25, -0.2) is 0 Å². The Morgan fingerprint density at radius 3 is 2.32 bits per heavy atom. The molecule has 2 bridgehead atoms. The van der Waals surface area contributed by atoms with E-state index in [9.17, 15) is 18.8 Å². The predicted molar refractivity (Wildman–Crippen MR) is 136 cm³/mol. The van der Waals surface area contributed by atoms with Crippen LogP contribution in [0.3, 0.4) is 0 Å². The van der Waals surface area contributed by atoms with Crippen LogP contribution in [0.1, 0.15) is 38.7 Å².